The van der Waals surface area contributed by atoms with Crippen molar-refractivity contribution in [1.29, 1.82) is 0 Å². The zero-order chi connectivity index (χ0) is 30.4. The average Bonchev–Trinajstić information content (AvgIpc) is 3.30. The fraction of sp³-hybridized carbons (Fsp3) is 0.294. The molecule has 0 N–H and O–H groups in total. The van der Waals surface area contributed by atoms with Crippen molar-refractivity contribution < 1.29 is 22.6 Å². The first-order valence-electron chi connectivity index (χ1n) is 14.3. The molecule has 4 aromatic rings. The minimum atomic E-state index is -3.82. The maximum atomic E-state index is 14.1. The molecule has 0 radical (unpaired) electrons. The van der Waals surface area contributed by atoms with E-state index >= 15 is 0 Å². The van der Waals surface area contributed by atoms with Crippen molar-refractivity contribution in [2.45, 2.75) is 25.3 Å². The van der Waals surface area contributed by atoms with Crippen LogP contribution in [0.1, 0.15) is 29.2 Å². The van der Waals surface area contributed by atoms with Gasteiger partial charge in [0.15, 0.2) is 0 Å². The van der Waals surface area contributed by atoms with Crippen LogP contribution in [-0.4, -0.2) is 47.1 Å². The molecule has 226 valence electrons. The number of hydrogen-bond acceptors (Lipinski definition) is 5. The molecule has 1 atom stereocenters. The van der Waals surface area contributed by atoms with Gasteiger partial charge >= 0.3 is 10.2 Å². The van der Waals surface area contributed by atoms with Crippen molar-refractivity contribution in [3.63, 3.8) is 0 Å². The third kappa shape index (κ3) is 7.26. The predicted molar refractivity (Wildman–Crippen MR) is 172 cm³/mol. The van der Waals surface area contributed by atoms with Crippen molar-refractivity contribution in [2.75, 3.05) is 38.7 Å². The van der Waals surface area contributed by atoms with Gasteiger partial charge in [-0.15, -0.1) is 0 Å². The zero-order valence-corrected chi connectivity index (χ0v) is 26.2. The number of anilines is 1. The lowest BCUT2D eigenvalue weighted by Crippen LogP contribution is -2.35. The standard InChI is InChI=1S/C34H37ClN2O5S/c1-40-31-15-7-25(8-16-31)21-27(22-26-9-17-32(41-2)18-10-26)19-20-36-24-34(28-5-4-6-33(23-28)42-3)37(43(36,38)39)30-13-11-29(35)12-14-30/h4-18,23,27,34H,19-22,24H2,1-3H3. The molecule has 43 heavy (non-hydrogen) atoms. The summed E-state index contributed by atoms with van der Waals surface area (Å²) in [4.78, 5) is 0. The van der Waals surface area contributed by atoms with Crippen LogP contribution in [0.2, 0.25) is 5.02 Å². The number of rotatable bonds is 12. The molecule has 4 aromatic carbocycles. The molecule has 0 aliphatic carbocycles. The quantitative estimate of drug-likeness (QED) is 0.171. The van der Waals surface area contributed by atoms with Gasteiger partial charge in [0.2, 0.25) is 0 Å². The second kappa shape index (κ2) is 13.7. The molecule has 1 aliphatic heterocycles. The molecule has 1 fully saturated rings. The van der Waals surface area contributed by atoms with Gasteiger partial charge in [0.1, 0.15) is 17.2 Å². The Morgan fingerprint density at radius 1 is 0.767 bits per heavy atom. The number of ether oxygens (including phenoxy) is 3. The van der Waals surface area contributed by atoms with E-state index in [1.807, 2.05) is 48.5 Å². The maximum absolute atomic E-state index is 14.1. The second-order valence-electron chi connectivity index (χ2n) is 10.7. The van der Waals surface area contributed by atoms with E-state index in [1.54, 1.807) is 49.9 Å². The molecule has 5 rings (SSSR count). The summed E-state index contributed by atoms with van der Waals surface area (Å²) in [6, 6.07) is 30.3. The van der Waals surface area contributed by atoms with Crippen molar-refractivity contribution in [2.24, 2.45) is 5.92 Å². The van der Waals surface area contributed by atoms with E-state index < -0.39 is 16.3 Å². The van der Waals surface area contributed by atoms with Crippen molar-refractivity contribution in [1.82, 2.24) is 4.31 Å². The lowest BCUT2D eigenvalue weighted by atomic mass is 9.90. The Hall–Kier alpha value is -3.72. The summed E-state index contributed by atoms with van der Waals surface area (Å²) in [6.07, 6.45) is 2.31. The monoisotopic (exact) mass is 620 g/mol. The Kier molecular flexibility index (Phi) is 9.80. The normalized spacial score (nSPS) is 16.4. The van der Waals surface area contributed by atoms with E-state index in [2.05, 4.69) is 24.3 Å². The van der Waals surface area contributed by atoms with E-state index in [0.29, 0.717) is 36.0 Å². The van der Waals surface area contributed by atoms with Crippen LogP contribution in [0.4, 0.5) is 5.69 Å². The van der Waals surface area contributed by atoms with Crippen molar-refractivity contribution >= 4 is 27.5 Å². The van der Waals surface area contributed by atoms with Gasteiger partial charge in [-0.1, -0.05) is 48.0 Å². The van der Waals surface area contributed by atoms with Gasteiger partial charge in [-0.2, -0.15) is 12.7 Å². The van der Waals surface area contributed by atoms with Crippen LogP contribution in [0, 0.1) is 5.92 Å². The summed E-state index contributed by atoms with van der Waals surface area (Å²) in [5.41, 5.74) is 3.81. The highest BCUT2D eigenvalue weighted by molar-refractivity contribution is 7.90. The number of nitrogens with zero attached hydrogens (tertiary/aromatic N) is 2. The highest BCUT2D eigenvalue weighted by atomic mass is 35.5. The van der Waals surface area contributed by atoms with Gasteiger partial charge in [-0.25, -0.2) is 4.31 Å². The number of benzene rings is 4. The number of methoxy groups -OCH3 is 3. The Labute approximate surface area is 259 Å². The van der Waals surface area contributed by atoms with E-state index in [-0.39, 0.29) is 5.92 Å². The minimum Gasteiger partial charge on any atom is -0.497 e. The lowest BCUT2D eigenvalue weighted by molar-refractivity contribution is 0.369. The molecule has 1 aliphatic rings. The van der Waals surface area contributed by atoms with Crippen LogP contribution < -0.4 is 18.5 Å². The van der Waals surface area contributed by atoms with E-state index in [4.69, 9.17) is 25.8 Å². The van der Waals surface area contributed by atoms with Crippen LogP contribution in [0.5, 0.6) is 17.2 Å². The fourth-order valence-corrected chi connectivity index (χ4v) is 7.58. The first kappa shape index (κ1) is 30.7. The third-order valence-corrected chi connectivity index (χ3v) is 10.1. The Balaban J connectivity index is 1.41. The average molecular weight is 621 g/mol. The molecular weight excluding hydrogens is 584 g/mol. The largest absolute Gasteiger partial charge is 0.497 e. The molecule has 7 nitrogen and oxygen atoms in total. The van der Waals surface area contributed by atoms with Gasteiger partial charge in [0.05, 0.1) is 33.1 Å². The molecular formula is C34H37ClN2O5S. The van der Waals surface area contributed by atoms with Crippen molar-refractivity contribution in [3.8, 4) is 17.2 Å². The minimum absolute atomic E-state index is 0.205. The van der Waals surface area contributed by atoms with Crippen molar-refractivity contribution in [3.05, 3.63) is 119 Å². The summed E-state index contributed by atoms with van der Waals surface area (Å²) in [6.45, 7) is 0.722. The molecule has 0 amide bonds. The Morgan fingerprint density at radius 2 is 1.33 bits per heavy atom. The van der Waals surface area contributed by atoms with E-state index in [1.165, 1.54) is 15.4 Å². The van der Waals surface area contributed by atoms with Gasteiger partial charge in [-0.3, -0.25) is 0 Å². The van der Waals surface area contributed by atoms with Gasteiger partial charge < -0.3 is 14.2 Å². The van der Waals surface area contributed by atoms with Gasteiger partial charge in [0, 0.05) is 18.1 Å². The molecule has 0 aromatic heterocycles. The summed E-state index contributed by atoms with van der Waals surface area (Å²) >= 11 is 6.15. The maximum Gasteiger partial charge on any atom is 0.304 e. The van der Waals surface area contributed by atoms with E-state index in [9.17, 15) is 8.42 Å². The first-order valence-corrected chi connectivity index (χ1v) is 16.0. The fourth-order valence-electron chi connectivity index (χ4n) is 5.64. The van der Waals surface area contributed by atoms with E-state index in [0.717, 1.165) is 29.9 Å². The van der Waals surface area contributed by atoms with Gasteiger partial charge in [0.25, 0.3) is 0 Å². The van der Waals surface area contributed by atoms with Crippen LogP contribution in [0.25, 0.3) is 0 Å². The third-order valence-electron chi connectivity index (χ3n) is 7.95. The SMILES string of the molecule is COc1ccc(CC(CCN2CC(c3cccc(OC)c3)N(c3ccc(Cl)cc3)S2(=O)=O)Cc2ccc(OC)cc2)cc1. The molecule has 1 saturated heterocycles. The predicted octanol–water partition coefficient (Wildman–Crippen LogP) is 6.97. The highest BCUT2D eigenvalue weighted by Crippen LogP contribution is 2.40. The molecule has 1 unspecified atom stereocenters. The molecule has 9 heteroatoms. The number of hydrogen-bond donors (Lipinski definition) is 0. The van der Waals surface area contributed by atoms with Gasteiger partial charge in [-0.05, 0) is 103 Å². The Morgan fingerprint density at radius 3 is 1.86 bits per heavy atom. The molecule has 0 saturated carbocycles. The molecule has 0 bridgehead atoms. The molecule has 1 heterocycles. The topological polar surface area (TPSA) is 68.3 Å². The smallest absolute Gasteiger partial charge is 0.304 e. The second-order valence-corrected chi connectivity index (χ2v) is 12.9. The summed E-state index contributed by atoms with van der Waals surface area (Å²) < 4.78 is 47.6. The van der Waals surface area contributed by atoms with Crippen LogP contribution >= 0.6 is 11.6 Å². The highest BCUT2D eigenvalue weighted by Gasteiger charge is 2.44. The zero-order valence-electron chi connectivity index (χ0n) is 24.6. The Bertz CT molecular complexity index is 1550. The van der Waals surface area contributed by atoms with Crippen LogP contribution in [-0.2, 0) is 23.1 Å². The summed E-state index contributed by atoms with van der Waals surface area (Å²) in [5.74, 6) is 2.51. The lowest BCUT2D eigenvalue weighted by Gasteiger charge is -2.25. The summed E-state index contributed by atoms with van der Waals surface area (Å²) in [5, 5.41) is 0.551. The van der Waals surface area contributed by atoms with Crippen LogP contribution in [0.15, 0.2) is 97.1 Å². The molecule has 0 spiro atoms. The first-order chi connectivity index (χ1) is 20.8. The summed E-state index contributed by atoms with van der Waals surface area (Å²) in [7, 11) is 1.10. The number of halogens is 1. The van der Waals surface area contributed by atoms with Crippen LogP contribution in [0.3, 0.4) is 0 Å².